The second-order valence-electron chi connectivity index (χ2n) is 4.91. The van der Waals surface area contributed by atoms with E-state index in [4.69, 9.17) is 5.73 Å². The molecule has 0 aliphatic carbocycles. The molecule has 0 aromatic heterocycles. The smallest absolute Gasteiger partial charge is 0.257 e. The van der Waals surface area contributed by atoms with Gasteiger partial charge in [0.05, 0.1) is 5.69 Å². The maximum absolute atomic E-state index is 13.6. The van der Waals surface area contributed by atoms with Crippen molar-refractivity contribution in [2.24, 2.45) is 0 Å². The van der Waals surface area contributed by atoms with E-state index in [-0.39, 0.29) is 5.69 Å². The van der Waals surface area contributed by atoms with Gasteiger partial charge in [-0.25, -0.2) is 8.78 Å². The van der Waals surface area contributed by atoms with E-state index in [0.717, 1.165) is 18.6 Å². The fourth-order valence-corrected chi connectivity index (χ4v) is 1.83. The Morgan fingerprint density at radius 2 is 2.00 bits per heavy atom. The lowest BCUT2D eigenvalue weighted by Crippen LogP contribution is -2.43. The number of hydrogen-bond donors (Lipinski definition) is 2. The molecule has 0 bridgehead atoms. The molecule has 1 aromatic rings. The number of benzene rings is 1. The monoisotopic (exact) mass is 256 g/mol. The number of hydrogen-bond acceptors (Lipinski definition) is 2. The van der Waals surface area contributed by atoms with Gasteiger partial charge in [-0.2, -0.15) is 0 Å². The SMILES string of the molecule is CCCC(C)(C)NC(=O)c1c(F)ccc(N)c1F. The number of carbonyl (C=O) groups is 1. The van der Waals surface area contributed by atoms with Gasteiger partial charge in [0.1, 0.15) is 11.4 Å². The Balaban J connectivity index is 3.02. The summed E-state index contributed by atoms with van der Waals surface area (Å²) in [6.45, 7) is 5.57. The van der Waals surface area contributed by atoms with Gasteiger partial charge in [-0.15, -0.1) is 0 Å². The highest BCUT2D eigenvalue weighted by Gasteiger charge is 2.25. The number of anilines is 1. The van der Waals surface area contributed by atoms with Gasteiger partial charge in [-0.1, -0.05) is 13.3 Å². The van der Waals surface area contributed by atoms with Crippen molar-refractivity contribution in [3.63, 3.8) is 0 Å². The number of nitrogens with two attached hydrogens (primary N) is 1. The summed E-state index contributed by atoms with van der Waals surface area (Å²) < 4.78 is 27.1. The van der Waals surface area contributed by atoms with Crippen LogP contribution in [-0.2, 0) is 0 Å². The number of rotatable bonds is 4. The molecule has 0 radical (unpaired) electrons. The topological polar surface area (TPSA) is 55.1 Å². The summed E-state index contributed by atoms with van der Waals surface area (Å²) >= 11 is 0. The summed E-state index contributed by atoms with van der Waals surface area (Å²) in [4.78, 5) is 11.9. The minimum atomic E-state index is -1.01. The Kier molecular flexibility index (Phi) is 4.27. The molecular formula is C13H18F2N2O. The van der Waals surface area contributed by atoms with Crippen molar-refractivity contribution < 1.29 is 13.6 Å². The normalized spacial score (nSPS) is 11.4. The highest BCUT2D eigenvalue weighted by molar-refractivity contribution is 5.96. The molecule has 0 saturated heterocycles. The molecule has 1 aromatic carbocycles. The first-order chi connectivity index (χ1) is 8.28. The van der Waals surface area contributed by atoms with Gasteiger partial charge >= 0.3 is 0 Å². The van der Waals surface area contributed by atoms with E-state index in [1.54, 1.807) is 13.8 Å². The first-order valence-corrected chi connectivity index (χ1v) is 5.84. The van der Waals surface area contributed by atoms with E-state index in [1.807, 2.05) is 6.92 Å². The van der Waals surface area contributed by atoms with Crippen LogP contribution < -0.4 is 11.1 Å². The van der Waals surface area contributed by atoms with E-state index in [0.29, 0.717) is 6.42 Å². The summed E-state index contributed by atoms with van der Waals surface area (Å²) in [5.41, 5.74) is 3.94. The molecule has 0 heterocycles. The van der Waals surface area contributed by atoms with Gasteiger partial charge in [0, 0.05) is 5.54 Å². The van der Waals surface area contributed by atoms with E-state index < -0.39 is 28.6 Å². The molecule has 100 valence electrons. The zero-order valence-corrected chi connectivity index (χ0v) is 10.8. The van der Waals surface area contributed by atoms with Gasteiger partial charge in [0.15, 0.2) is 5.82 Å². The lowest BCUT2D eigenvalue weighted by atomic mass is 9.98. The minimum absolute atomic E-state index is 0.241. The average molecular weight is 256 g/mol. The lowest BCUT2D eigenvalue weighted by molar-refractivity contribution is 0.0900. The Morgan fingerprint density at radius 3 is 2.56 bits per heavy atom. The predicted octanol–water partition coefficient (Wildman–Crippen LogP) is 2.86. The van der Waals surface area contributed by atoms with Crippen LogP contribution in [0.1, 0.15) is 44.0 Å². The third kappa shape index (κ3) is 3.18. The average Bonchev–Trinajstić information content (AvgIpc) is 2.23. The van der Waals surface area contributed by atoms with Gasteiger partial charge in [-0.05, 0) is 32.4 Å². The molecule has 18 heavy (non-hydrogen) atoms. The summed E-state index contributed by atoms with van der Waals surface area (Å²) in [5, 5.41) is 2.61. The third-order valence-corrected chi connectivity index (χ3v) is 2.67. The molecule has 0 unspecified atom stereocenters. The Morgan fingerprint density at radius 1 is 1.39 bits per heavy atom. The van der Waals surface area contributed by atoms with Crippen molar-refractivity contribution in [1.29, 1.82) is 0 Å². The second kappa shape index (κ2) is 5.33. The Hall–Kier alpha value is -1.65. The summed E-state index contributed by atoms with van der Waals surface area (Å²) in [7, 11) is 0. The fourth-order valence-electron chi connectivity index (χ4n) is 1.83. The molecule has 1 rings (SSSR count). The van der Waals surface area contributed by atoms with Crippen LogP contribution in [0.5, 0.6) is 0 Å². The highest BCUT2D eigenvalue weighted by Crippen LogP contribution is 2.20. The van der Waals surface area contributed by atoms with Crippen LogP contribution in [0.3, 0.4) is 0 Å². The van der Waals surface area contributed by atoms with Crippen LogP contribution in [0.4, 0.5) is 14.5 Å². The molecule has 0 aliphatic rings. The third-order valence-electron chi connectivity index (χ3n) is 2.67. The van der Waals surface area contributed by atoms with Crippen molar-refractivity contribution in [3.8, 4) is 0 Å². The molecule has 1 amide bonds. The van der Waals surface area contributed by atoms with Crippen LogP contribution in [0.2, 0.25) is 0 Å². The van der Waals surface area contributed by atoms with Crippen LogP contribution in [0.25, 0.3) is 0 Å². The van der Waals surface area contributed by atoms with E-state index in [2.05, 4.69) is 5.32 Å². The van der Waals surface area contributed by atoms with Crippen LogP contribution in [0, 0.1) is 11.6 Å². The standard InChI is InChI=1S/C13H18F2N2O/c1-4-7-13(2,3)17-12(18)10-8(14)5-6-9(16)11(10)15/h5-6H,4,7,16H2,1-3H3,(H,17,18). The maximum atomic E-state index is 13.6. The Bertz CT molecular complexity index is 459. The van der Waals surface area contributed by atoms with E-state index in [9.17, 15) is 13.6 Å². The molecule has 0 aliphatic heterocycles. The van der Waals surface area contributed by atoms with Gasteiger partial charge < -0.3 is 11.1 Å². The zero-order chi connectivity index (χ0) is 13.9. The van der Waals surface area contributed by atoms with Crippen molar-refractivity contribution in [2.75, 3.05) is 5.73 Å². The largest absolute Gasteiger partial charge is 0.396 e. The van der Waals surface area contributed by atoms with Crippen LogP contribution in [-0.4, -0.2) is 11.4 Å². The van der Waals surface area contributed by atoms with Gasteiger partial charge in [0.2, 0.25) is 0 Å². The Labute approximate surface area is 105 Å². The first-order valence-electron chi connectivity index (χ1n) is 5.84. The molecule has 3 N–H and O–H groups in total. The zero-order valence-electron chi connectivity index (χ0n) is 10.8. The molecular weight excluding hydrogens is 238 g/mol. The molecule has 0 spiro atoms. The molecule has 0 saturated carbocycles. The lowest BCUT2D eigenvalue weighted by Gasteiger charge is -2.26. The number of nitrogens with one attached hydrogen (secondary N) is 1. The van der Waals surface area contributed by atoms with E-state index >= 15 is 0 Å². The first kappa shape index (κ1) is 14.4. The number of nitrogen functional groups attached to an aromatic ring is 1. The van der Waals surface area contributed by atoms with Crippen molar-refractivity contribution in [3.05, 3.63) is 29.3 Å². The summed E-state index contributed by atoms with van der Waals surface area (Å²) in [5.74, 6) is -2.71. The molecule has 3 nitrogen and oxygen atoms in total. The van der Waals surface area contributed by atoms with Crippen LogP contribution in [0.15, 0.2) is 12.1 Å². The second-order valence-corrected chi connectivity index (χ2v) is 4.91. The highest BCUT2D eigenvalue weighted by atomic mass is 19.1. The van der Waals surface area contributed by atoms with Crippen molar-refractivity contribution in [1.82, 2.24) is 5.32 Å². The van der Waals surface area contributed by atoms with Gasteiger partial charge in [0.25, 0.3) is 5.91 Å². The number of carbonyl (C=O) groups excluding carboxylic acids is 1. The van der Waals surface area contributed by atoms with E-state index in [1.165, 1.54) is 0 Å². The van der Waals surface area contributed by atoms with Gasteiger partial charge in [-0.3, -0.25) is 4.79 Å². The number of amides is 1. The van der Waals surface area contributed by atoms with Crippen molar-refractivity contribution >= 4 is 11.6 Å². The molecule has 0 fully saturated rings. The quantitative estimate of drug-likeness (QED) is 0.814. The van der Waals surface area contributed by atoms with Crippen LogP contribution >= 0.6 is 0 Å². The minimum Gasteiger partial charge on any atom is -0.396 e. The number of halogens is 2. The summed E-state index contributed by atoms with van der Waals surface area (Å²) in [6.07, 6.45) is 1.57. The molecule has 5 heteroatoms. The summed E-state index contributed by atoms with van der Waals surface area (Å²) in [6, 6.07) is 2.08. The maximum Gasteiger partial charge on any atom is 0.257 e. The fraction of sp³-hybridized carbons (Fsp3) is 0.462. The molecule has 0 atom stereocenters. The van der Waals surface area contributed by atoms with Crippen molar-refractivity contribution in [2.45, 2.75) is 39.2 Å². The predicted molar refractivity (Wildman–Crippen MR) is 67.2 cm³/mol.